The normalized spacial score (nSPS) is 12.2. The summed E-state index contributed by atoms with van der Waals surface area (Å²) in [5, 5.41) is 15.0. The minimum atomic E-state index is -0.802. The molecule has 1 N–H and O–H groups in total. The average Bonchev–Trinajstić information content (AvgIpc) is 2.90. The van der Waals surface area contributed by atoms with Crippen LogP contribution >= 0.6 is 0 Å². The first-order chi connectivity index (χ1) is 10.1. The monoisotopic (exact) mass is 290 g/mol. The molecule has 0 aliphatic rings. The van der Waals surface area contributed by atoms with E-state index in [0.29, 0.717) is 11.4 Å². The third-order valence-electron chi connectivity index (χ3n) is 3.51. The maximum absolute atomic E-state index is 10.7. The number of aliphatic hydroxyl groups excluding tert-OH is 1. The summed E-state index contributed by atoms with van der Waals surface area (Å²) in [5.41, 5.74) is 2.46. The highest BCUT2D eigenvalue weighted by molar-refractivity contribution is 5.41. The molecule has 1 aromatic heterocycles. The van der Waals surface area contributed by atoms with Gasteiger partial charge in [0.25, 0.3) is 0 Å². The van der Waals surface area contributed by atoms with Crippen LogP contribution in [0.2, 0.25) is 0 Å². The molecule has 5 heteroatoms. The number of hydrogen-bond donors (Lipinski definition) is 1. The van der Waals surface area contributed by atoms with Crippen LogP contribution in [0.15, 0.2) is 24.4 Å². The number of ether oxygens (including phenoxy) is 2. The Kier molecular flexibility index (Phi) is 4.85. The Hall–Kier alpha value is -2.01. The molecule has 0 aliphatic carbocycles. The number of benzene rings is 1. The van der Waals surface area contributed by atoms with Crippen molar-refractivity contribution in [2.75, 3.05) is 14.2 Å². The van der Waals surface area contributed by atoms with Gasteiger partial charge in [-0.05, 0) is 30.5 Å². The van der Waals surface area contributed by atoms with Gasteiger partial charge < -0.3 is 14.6 Å². The van der Waals surface area contributed by atoms with Gasteiger partial charge in [-0.3, -0.25) is 4.68 Å². The zero-order chi connectivity index (χ0) is 15.4. The molecule has 0 saturated carbocycles. The van der Waals surface area contributed by atoms with E-state index in [1.165, 1.54) is 0 Å². The second kappa shape index (κ2) is 6.63. The molecule has 0 aliphatic heterocycles. The molecule has 2 aromatic rings. The third-order valence-corrected chi connectivity index (χ3v) is 3.51. The molecular weight excluding hydrogens is 268 g/mol. The summed E-state index contributed by atoms with van der Waals surface area (Å²) in [7, 11) is 3.21. The lowest BCUT2D eigenvalue weighted by molar-refractivity contribution is 0.201. The summed E-state index contributed by atoms with van der Waals surface area (Å²) in [6.07, 6.45) is 1.77. The molecule has 5 nitrogen and oxygen atoms in total. The molecule has 2 rings (SSSR count). The lowest BCUT2D eigenvalue weighted by Gasteiger charge is -2.16. The summed E-state index contributed by atoms with van der Waals surface area (Å²) >= 11 is 0. The predicted molar refractivity (Wildman–Crippen MR) is 80.9 cm³/mol. The van der Waals surface area contributed by atoms with Gasteiger partial charge in [-0.2, -0.15) is 5.10 Å². The van der Waals surface area contributed by atoms with E-state index in [-0.39, 0.29) is 0 Å². The first kappa shape index (κ1) is 15.4. The van der Waals surface area contributed by atoms with Crippen molar-refractivity contribution in [2.24, 2.45) is 0 Å². The number of methoxy groups -OCH3 is 2. The summed E-state index contributed by atoms with van der Waals surface area (Å²) in [5.74, 6) is 1.35. The van der Waals surface area contributed by atoms with E-state index in [2.05, 4.69) is 12.0 Å². The van der Waals surface area contributed by atoms with E-state index >= 15 is 0 Å². The minimum Gasteiger partial charge on any atom is -0.496 e. The summed E-state index contributed by atoms with van der Waals surface area (Å²) < 4.78 is 12.4. The molecule has 0 radical (unpaired) electrons. The Balaban J connectivity index is 2.43. The van der Waals surface area contributed by atoms with Gasteiger partial charge in [0.2, 0.25) is 0 Å². The van der Waals surface area contributed by atoms with Crippen molar-refractivity contribution in [3.05, 3.63) is 41.2 Å². The summed E-state index contributed by atoms with van der Waals surface area (Å²) in [6, 6.07) is 5.68. The smallest absolute Gasteiger partial charge is 0.163 e. The largest absolute Gasteiger partial charge is 0.496 e. The van der Waals surface area contributed by atoms with Crippen LogP contribution in [-0.2, 0) is 6.54 Å². The molecule has 1 heterocycles. The van der Waals surface area contributed by atoms with E-state index in [4.69, 9.17) is 9.47 Å². The Morgan fingerprint density at radius 3 is 2.57 bits per heavy atom. The van der Waals surface area contributed by atoms with E-state index in [1.807, 2.05) is 25.1 Å². The lowest BCUT2D eigenvalue weighted by atomic mass is 10.0. The number of rotatable bonds is 6. The number of aliphatic hydroxyl groups is 1. The fourth-order valence-electron chi connectivity index (χ4n) is 2.37. The number of nitrogens with zero attached hydrogens (tertiary/aromatic N) is 2. The van der Waals surface area contributed by atoms with Crippen molar-refractivity contribution in [3.63, 3.8) is 0 Å². The topological polar surface area (TPSA) is 56.5 Å². The van der Waals surface area contributed by atoms with Crippen LogP contribution in [0.1, 0.15) is 36.3 Å². The lowest BCUT2D eigenvalue weighted by Crippen LogP contribution is -2.11. The molecule has 0 fully saturated rings. The fourth-order valence-corrected chi connectivity index (χ4v) is 2.37. The summed E-state index contributed by atoms with van der Waals surface area (Å²) in [6.45, 7) is 4.77. The Morgan fingerprint density at radius 1 is 1.24 bits per heavy atom. The van der Waals surface area contributed by atoms with Crippen molar-refractivity contribution in [1.29, 1.82) is 0 Å². The third kappa shape index (κ3) is 3.03. The van der Waals surface area contributed by atoms with Gasteiger partial charge >= 0.3 is 0 Å². The maximum atomic E-state index is 10.7. The van der Waals surface area contributed by atoms with Crippen LogP contribution in [0, 0.1) is 6.92 Å². The molecule has 1 aromatic carbocycles. The average molecular weight is 290 g/mol. The van der Waals surface area contributed by atoms with Crippen molar-refractivity contribution in [1.82, 2.24) is 9.78 Å². The van der Waals surface area contributed by atoms with E-state index in [9.17, 15) is 5.11 Å². The quantitative estimate of drug-likeness (QED) is 0.888. The highest BCUT2D eigenvalue weighted by atomic mass is 16.5. The molecule has 1 unspecified atom stereocenters. The number of aryl methyl sites for hydroxylation is 2. The van der Waals surface area contributed by atoms with Crippen molar-refractivity contribution < 1.29 is 14.6 Å². The second-order valence-electron chi connectivity index (χ2n) is 4.95. The van der Waals surface area contributed by atoms with Gasteiger partial charge in [0.05, 0.1) is 20.4 Å². The van der Waals surface area contributed by atoms with Crippen LogP contribution in [0.25, 0.3) is 0 Å². The van der Waals surface area contributed by atoms with Gasteiger partial charge in [-0.1, -0.05) is 19.1 Å². The Bertz CT molecular complexity index is 608. The van der Waals surface area contributed by atoms with Gasteiger partial charge in [0.1, 0.15) is 17.5 Å². The molecule has 0 saturated heterocycles. The van der Waals surface area contributed by atoms with E-state index in [0.717, 1.165) is 29.8 Å². The van der Waals surface area contributed by atoms with Crippen LogP contribution in [0.3, 0.4) is 0 Å². The number of aromatic nitrogens is 2. The van der Waals surface area contributed by atoms with Gasteiger partial charge in [-0.25, -0.2) is 0 Å². The van der Waals surface area contributed by atoms with Crippen LogP contribution < -0.4 is 9.47 Å². The van der Waals surface area contributed by atoms with Crippen molar-refractivity contribution in [3.8, 4) is 11.5 Å². The molecule has 0 bridgehead atoms. The first-order valence-electron chi connectivity index (χ1n) is 7.04. The molecule has 21 heavy (non-hydrogen) atoms. The molecule has 114 valence electrons. The highest BCUT2D eigenvalue weighted by Crippen LogP contribution is 2.32. The molecule has 1 atom stereocenters. The minimum absolute atomic E-state index is 0.593. The van der Waals surface area contributed by atoms with Crippen LogP contribution in [0.5, 0.6) is 11.5 Å². The summed E-state index contributed by atoms with van der Waals surface area (Å²) in [4.78, 5) is 0. The molecule has 0 amide bonds. The van der Waals surface area contributed by atoms with Gasteiger partial charge in [0, 0.05) is 6.54 Å². The molecule has 0 spiro atoms. The standard InChI is InChI=1S/C16H22N2O3/c1-5-8-18-15(14(21-4)10-17-18)16(19)12-7-6-11(2)13(9-12)20-3/h6-7,9-10,16,19H,5,8H2,1-4H3. The van der Waals surface area contributed by atoms with Gasteiger partial charge in [0.15, 0.2) is 5.75 Å². The zero-order valence-electron chi connectivity index (χ0n) is 13.0. The fraction of sp³-hybridized carbons (Fsp3) is 0.438. The predicted octanol–water partition coefficient (Wildman–Crippen LogP) is 2.70. The Morgan fingerprint density at radius 2 is 1.95 bits per heavy atom. The highest BCUT2D eigenvalue weighted by Gasteiger charge is 2.22. The van der Waals surface area contributed by atoms with Gasteiger partial charge in [-0.15, -0.1) is 0 Å². The maximum Gasteiger partial charge on any atom is 0.163 e. The van der Waals surface area contributed by atoms with Crippen molar-refractivity contribution >= 4 is 0 Å². The second-order valence-corrected chi connectivity index (χ2v) is 4.95. The Labute approximate surface area is 125 Å². The van der Waals surface area contributed by atoms with E-state index in [1.54, 1.807) is 25.1 Å². The zero-order valence-corrected chi connectivity index (χ0v) is 13.0. The molecular formula is C16H22N2O3. The van der Waals surface area contributed by atoms with Crippen molar-refractivity contribution in [2.45, 2.75) is 32.9 Å². The first-order valence-corrected chi connectivity index (χ1v) is 7.04. The van der Waals surface area contributed by atoms with Crippen LogP contribution in [-0.4, -0.2) is 29.1 Å². The van der Waals surface area contributed by atoms with E-state index < -0.39 is 6.10 Å². The SMILES string of the molecule is CCCn1ncc(OC)c1C(O)c1ccc(C)c(OC)c1. The number of hydrogen-bond acceptors (Lipinski definition) is 4. The van der Waals surface area contributed by atoms with Crippen LogP contribution in [0.4, 0.5) is 0 Å².